The molecule has 0 aliphatic heterocycles. The van der Waals surface area contributed by atoms with E-state index in [0.717, 1.165) is 23.5 Å². The van der Waals surface area contributed by atoms with E-state index in [-0.39, 0.29) is 5.97 Å². The van der Waals surface area contributed by atoms with Crippen molar-refractivity contribution < 1.29 is 14.0 Å². The molecule has 0 fully saturated rings. The molecule has 0 aromatic carbocycles. The van der Waals surface area contributed by atoms with Gasteiger partial charge in [0.25, 0.3) is 0 Å². The largest absolute Gasteiger partial charge is 0.456 e. The summed E-state index contributed by atoms with van der Waals surface area (Å²) in [5, 5.41) is 0. The maximum atomic E-state index is 11.3. The summed E-state index contributed by atoms with van der Waals surface area (Å²) in [6.45, 7) is 12.4. The number of likely N-dealkylation sites (N-methyl/N-ethyl adjacent to an activating group) is 1. The predicted molar refractivity (Wildman–Crippen MR) is 94.8 cm³/mol. The molecule has 0 spiro atoms. The Hall–Kier alpha value is -0.830. The van der Waals surface area contributed by atoms with Crippen LogP contribution < -0.4 is 0 Å². The number of ether oxygens (including phenoxy) is 1. The van der Waals surface area contributed by atoms with Crippen molar-refractivity contribution in [2.45, 2.75) is 65.7 Å². The second-order valence-corrected chi connectivity index (χ2v) is 7.60. The van der Waals surface area contributed by atoms with Crippen molar-refractivity contribution in [3.63, 3.8) is 0 Å². The van der Waals surface area contributed by atoms with Crippen LogP contribution in [0.5, 0.6) is 0 Å². The zero-order valence-electron chi connectivity index (χ0n) is 15.6. The third-order valence-corrected chi connectivity index (χ3v) is 4.07. The van der Waals surface area contributed by atoms with Crippen LogP contribution in [0.25, 0.3) is 0 Å². The van der Waals surface area contributed by atoms with Gasteiger partial charge in [-0.1, -0.05) is 52.5 Å². The Morgan fingerprint density at radius 2 is 1.55 bits per heavy atom. The Morgan fingerprint density at radius 3 is 2.09 bits per heavy atom. The van der Waals surface area contributed by atoms with Crippen LogP contribution in [-0.4, -0.2) is 44.2 Å². The minimum atomic E-state index is -0.276. The number of carbonyl (C=O) groups is 1. The van der Waals surface area contributed by atoms with Gasteiger partial charge in [0.2, 0.25) is 0 Å². The number of nitrogens with zero attached hydrogens (tertiary/aromatic N) is 1. The minimum Gasteiger partial charge on any atom is -0.456 e. The maximum absolute atomic E-state index is 11.3. The van der Waals surface area contributed by atoms with Gasteiger partial charge in [-0.2, -0.15) is 0 Å². The number of esters is 1. The molecule has 0 rings (SSSR count). The molecule has 0 N–H and O–H groups in total. The zero-order chi connectivity index (χ0) is 17.0. The van der Waals surface area contributed by atoms with Gasteiger partial charge >= 0.3 is 5.97 Å². The van der Waals surface area contributed by atoms with Gasteiger partial charge in [0, 0.05) is 5.57 Å². The highest BCUT2D eigenvalue weighted by molar-refractivity contribution is 5.86. The quantitative estimate of drug-likeness (QED) is 0.215. The molecule has 0 aromatic heterocycles. The van der Waals surface area contributed by atoms with Gasteiger partial charge in [-0.15, -0.1) is 0 Å². The Kier molecular flexibility index (Phi) is 11.3. The summed E-state index contributed by atoms with van der Waals surface area (Å²) in [6, 6.07) is 0. The first-order valence-corrected chi connectivity index (χ1v) is 8.89. The maximum Gasteiger partial charge on any atom is 0.333 e. The van der Waals surface area contributed by atoms with Crippen LogP contribution in [0.15, 0.2) is 12.2 Å². The molecule has 130 valence electrons. The molecule has 0 bridgehead atoms. The first-order chi connectivity index (χ1) is 10.2. The average molecular weight is 313 g/mol. The SMILES string of the molecule is C=C(C)C(=O)OCC[N+](C)(C)CCCCCCCCC(C)C. The monoisotopic (exact) mass is 312 g/mol. The highest BCUT2D eigenvalue weighted by atomic mass is 16.5. The van der Waals surface area contributed by atoms with Gasteiger partial charge in [0.15, 0.2) is 0 Å². The lowest BCUT2D eigenvalue weighted by Gasteiger charge is -2.29. The average Bonchev–Trinajstić information content (AvgIpc) is 2.40. The second kappa shape index (κ2) is 11.7. The normalized spacial score (nSPS) is 11.7. The summed E-state index contributed by atoms with van der Waals surface area (Å²) in [4.78, 5) is 11.3. The van der Waals surface area contributed by atoms with E-state index in [2.05, 4.69) is 34.5 Å². The van der Waals surface area contributed by atoms with Crippen LogP contribution in [0.3, 0.4) is 0 Å². The van der Waals surface area contributed by atoms with E-state index in [0.29, 0.717) is 12.2 Å². The van der Waals surface area contributed by atoms with E-state index in [9.17, 15) is 4.79 Å². The Balaban J connectivity index is 3.55. The summed E-state index contributed by atoms with van der Waals surface area (Å²) in [5.74, 6) is 0.568. The Morgan fingerprint density at radius 1 is 1.00 bits per heavy atom. The smallest absolute Gasteiger partial charge is 0.333 e. The molecule has 0 atom stereocenters. The van der Waals surface area contributed by atoms with E-state index < -0.39 is 0 Å². The fourth-order valence-corrected chi connectivity index (χ4v) is 2.42. The predicted octanol–water partition coefficient (Wildman–Crippen LogP) is 4.57. The summed E-state index contributed by atoms with van der Waals surface area (Å²) in [5.41, 5.74) is 0.475. The summed E-state index contributed by atoms with van der Waals surface area (Å²) in [7, 11) is 4.41. The third-order valence-electron chi connectivity index (χ3n) is 4.07. The van der Waals surface area contributed by atoms with E-state index in [4.69, 9.17) is 4.74 Å². The lowest BCUT2D eigenvalue weighted by molar-refractivity contribution is -0.890. The summed E-state index contributed by atoms with van der Waals surface area (Å²) >= 11 is 0. The lowest BCUT2D eigenvalue weighted by atomic mass is 10.0. The van der Waals surface area contributed by atoms with E-state index >= 15 is 0 Å². The summed E-state index contributed by atoms with van der Waals surface area (Å²) in [6.07, 6.45) is 9.42. The van der Waals surface area contributed by atoms with Crippen molar-refractivity contribution in [2.75, 3.05) is 33.8 Å². The van der Waals surface area contributed by atoms with Crippen LogP contribution in [0.1, 0.15) is 65.7 Å². The van der Waals surface area contributed by atoms with Gasteiger partial charge in [-0.25, -0.2) is 4.79 Å². The molecule has 0 aromatic rings. The van der Waals surface area contributed by atoms with Crippen molar-refractivity contribution in [1.82, 2.24) is 0 Å². The molecule has 0 radical (unpaired) electrons. The van der Waals surface area contributed by atoms with Crippen molar-refractivity contribution >= 4 is 5.97 Å². The van der Waals surface area contributed by atoms with Gasteiger partial charge in [-0.05, 0) is 25.7 Å². The van der Waals surface area contributed by atoms with Gasteiger partial charge < -0.3 is 9.22 Å². The fraction of sp³-hybridized carbons (Fsp3) is 0.842. The molecule has 0 unspecified atom stereocenters. The second-order valence-electron chi connectivity index (χ2n) is 7.60. The number of carbonyl (C=O) groups excluding carboxylic acids is 1. The molecule has 22 heavy (non-hydrogen) atoms. The topological polar surface area (TPSA) is 26.3 Å². The van der Waals surface area contributed by atoms with Crippen LogP contribution in [0.4, 0.5) is 0 Å². The number of hydrogen-bond acceptors (Lipinski definition) is 2. The standard InChI is InChI=1S/C19H38NO2/c1-17(2)13-11-9-7-8-10-12-14-20(5,6)15-16-22-19(21)18(3)4/h17H,3,7-16H2,1-2,4-6H3/q+1. The minimum absolute atomic E-state index is 0.276. The first-order valence-electron chi connectivity index (χ1n) is 8.89. The molecule has 0 aliphatic rings. The van der Waals surface area contributed by atoms with Gasteiger partial charge in [0.05, 0.1) is 20.6 Å². The molecule has 3 heteroatoms. The summed E-state index contributed by atoms with van der Waals surface area (Å²) < 4.78 is 6.09. The van der Waals surface area contributed by atoms with E-state index in [1.165, 1.54) is 44.9 Å². The van der Waals surface area contributed by atoms with Crippen LogP contribution in [0.2, 0.25) is 0 Å². The fourth-order valence-electron chi connectivity index (χ4n) is 2.42. The Bertz CT molecular complexity index is 321. The van der Waals surface area contributed by atoms with Crippen molar-refractivity contribution in [3.8, 4) is 0 Å². The van der Waals surface area contributed by atoms with Crippen LogP contribution >= 0.6 is 0 Å². The molecule has 0 heterocycles. The molecule has 0 saturated carbocycles. The van der Waals surface area contributed by atoms with Gasteiger partial charge in [0.1, 0.15) is 13.2 Å². The van der Waals surface area contributed by atoms with Crippen molar-refractivity contribution in [2.24, 2.45) is 5.92 Å². The highest BCUT2D eigenvalue weighted by Crippen LogP contribution is 2.12. The Labute approximate surface area is 138 Å². The number of hydrogen-bond donors (Lipinski definition) is 0. The van der Waals surface area contributed by atoms with E-state index in [1.807, 2.05) is 0 Å². The highest BCUT2D eigenvalue weighted by Gasteiger charge is 2.15. The number of rotatable bonds is 13. The molecule has 0 amide bonds. The van der Waals surface area contributed by atoms with Crippen molar-refractivity contribution in [3.05, 3.63) is 12.2 Å². The number of unbranched alkanes of at least 4 members (excludes halogenated alkanes) is 5. The molecule has 0 aliphatic carbocycles. The zero-order valence-corrected chi connectivity index (χ0v) is 15.6. The molecule has 3 nitrogen and oxygen atoms in total. The van der Waals surface area contributed by atoms with Crippen LogP contribution in [0, 0.1) is 5.92 Å². The van der Waals surface area contributed by atoms with Crippen LogP contribution in [-0.2, 0) is 9.53 Å². The first kappa shape index (κ1) is 21.2. The van der Waals surface area contributed by atoms with E-state index in [1.54, 1.807) is 6.92 Å². The molecule has 0 saturated heterocycles. The molecular formula is C19H38NO2+. The van der Waals surface area contributed by atoms with Gasteiger partial charge in [-0.3, -0.25) is 0 Å². The number of quaternary nitrogens is 1. The lowest BCUT2D eigenvalue weighted by Crippen LogP contribution is -2.43. The van der Waals surface area contributed by atoms with Crippen molar-refractivity contribution in [1.29, 1.82) is 0 Å². The third kappa shape index (κ3) is 12.9. The molecular weight excluding hydrogens is 274 g/mol.